The quantitative estimate of drug-likeness (QED) is 0.387. The number of carbonyl (C=O) groups is 1. The highest BCUT2D eigenvalue weighted by Crippen LogP contribution is 2.38. The van der Waals surface area contributed by atoms with E-state index in [0.717, 1.165) is 36.2 Å². The van der Waals surface area contributed by atoms with Crippen LogP contribution in [0.1, 0.15) is 56.7 Å². The van der Waals surface area contributed by atoms with E-state index in [1.807, 2.05) is 72.8 Å². The fourth-order valence-corrected chi connectivity index (χ4v) is 4.71. The van der Waals surface area contributed by atoms with Gasteiger partial charge in [0.15, 0.2) is 0 Å². The van der Waals surface area contributed by atoms with E-state index < -0.39 is 5.41 Å². The fourth-order valence-electron chi connectivity index (χ4n) is 4.71. The Balaban J connectivity index is 0.00000115. The van der Waals surface area contributed by atoms with Gasteiger partial charge < -0.3 is 15.6 Å². The molecule has 1 saturated heterocycles. The summed E-state index contributed by atoms with van der Waals surface area (Å²) in [5.74, 6) is -0.0576. The molecular formula is C31H40N2O3. The number of nitrogens with zero attached hydrogens (tertiary/aromatic N) is 1. The van der Waals surface area contributed by atoms with Crippen LogP contribution in [0.4, 0.5) is 0 Å². The number of hydrogen-bond donors (Lipinski definition) is 2. The molecule has 3 N–H and O–H groups in total. The van der Waals surface area contributed by atoms with Crippen molar-refractivity contribution in [3.05, 3.63) is 102 Å². The number of phenolic OH excluding ortho intramolecular Hbond substituents is 1. The van der Waals surface area contributed by atoms with Crippen molar-refractivity contribution in [2.75, 3.05) is 13.1 Å². The number of phenols is 1. The number of primary amides is 1. The van der Waals surface area contributed by atoms with Crippen molar-refractivity contribution in [3.63, 3.8) is 0 Å². The smallest absolute Gasteiger partial charge is 0.232 e. The van der Waals surface area contributed by atoms with Crippen molar-refractivity contribution >= 4 is 5.91 Å². The van der Waals surface area contributed by atoms with Gasteiger partial charge in [0.1, 0.15) is 5.75 Å². The van der Waals surface area contributed by atoms with Crippen molar-refractivity contribution < 1.29 is 14.6 Å². The first-order valence-electron chi connectivity index (χ1n) is 12.9. The summed E-state index contributed by atoms with van der Waals surface area (Å²) in [5.41, 5.74) is 8.07. The monoisotopic (exact) mass is 488 g/mol. The second-order valence-electron chi connectivity index (χ2n) is 9.65. The Labute approximate surface area is 215 Å². The second kappa shape index (κ2) is 13.2. The highest BCUT2D eigenvalue weighted by Gasteiger charge is 2.41. The third-order valence-electron chi connectivity index (χ3n) is 6.79. The van der Waals surface area contributed by atoms with Crippen LogP contribution in [0.3, 0.4) is 0 Å². The van der Waals surface area contributed by atoms with E-state index in [1.54, 1.807) is 12.1 Å². The normalized spacial score (nSPS) is 14.9. The van der Waals surface area contributed by atoms with E-state index in [9.17, 15) is 9.90 Å². The van der Waals surface area contributed by atoms with E-state index in [4.69, 9.17) is 10.5 Å². The Morgan fingerprint density at radius 3 is 2.06 bits per heavy atom. The first-order valence-corrected chi connectivity index (χ1v) is 12.9. The standard InChI is InChI=1S/C28H32N2O3.C3H8/c1-21(30-18-26(19-30)33-20-22-9-8-14-25(31)17-22)15-16-28(27(29)32,23-10-4-2-5-11-23)24-12-6-3-7-13-24;1-3-2/h2-14,17,21,26,31H,15-16,18-20H2,1H3,(H2,29,32);3H2,1-2H3. The van der Waals surface area contributed by atoms with Crippen LogP contribution in [-0.2, 0) is 21.6 Å². The molecule has 3 aromatic carbocycles. The van der Waals surface area contributed by atoms with Gasteiger partial charge in [-0.3, -0.25) is 9.69 Å². The molecule has 1 unspecified atom stereocenters. The first-order chi connectivity index (χ1) is 17.4. The number of amides is 1. The SMILES string of the molecule is CC(CCC(C(N)=O)(c1ccccc1)c1ccccc1)N1CC(OCc2cccc(O)c2)C1.CCC. The van der Waals surface area contributed by atoms with Gasteiger partial charge in [0.2, 0.25) is 5.91 Å². The van der Waals surface area contributed by atoms with Crippen LogP contribution in [0.5, 0.6) is 5.75 Å². The lowest BCUT2D eigenvalue weighted by molar-refractivity contribution is -0.122. The summed E-state index contributed by atoms with van der Waals surface area (Å²) in [6, 6.07) is 27.2. The topological polar surface area (TPSA) is 75.8 Å². The van der Waals surface area contributed by atoms with Gasteiger partial charge in [-0.2, -0.15) is 0 Å². The summed E-state index contributed by atoms with van der Waals surface area (Å²) in [5, 5.41) is 9.60. The molecule has 1 amide bonds. The third kappa shape index (κ3) is 6.74. The number of aromatic hydroxyl groups is 1. The lowest BCUT2D eigenvalue weighted by atomic mass is 9.70. The van der Waals surface area contributed by atoms with E-state index >= 15 is 0 Å². The Morgan fingerprint density at radius 2 is 1.56 bits per heavy atom. The summed E-state index contributed by atoms with van der Waals surface area (Å²) in [4.78, 5) is 15.3. The summed E-state index contributed by atoms with van der Waals surface area (Å²) >= 11 is 0. The van der Waals surface area contributed by atoms with Crippen LogP contribution >= 0.6 is 0 Å². The zero-order valence-corrected chi connectivity index (χ0v) is 21.8. The molecule has 192 valence electrons. The molecule has 3 aromatic rings. The van der Waals surface area contributed by atoms with Gasteiger partial charge >= 0.3 is 0 Å². The lowest BCUT2D eigenvalue weighted by Crippen LogP contribution is -2.56. The fraction of sp³-hybridized carbons (Fsp3) is 0.387. The molecule has 0 bridgehead atoms. The molecule has 1 aliphatic rings. The van der Waals surface area contributed by atoms with E-state index in [2.05, 4.69) is 25.7 Å². The number of hydrogen-bond acceptors (Lipinski definition) is 4. The molecule has 1 atom stereocenters. The maximum Gasteiger partial charge on any atom is 0.232 e. The average Bonchev–Trinajstić information content (AvgIpc) is 2.85. The molecule has 1 fully saturated rings. The molecule has 5 nitrogen and oxygen atoms in total. The van der Waals surface area contributed by atoms with Gasteiger partial charge in [-0.15, -0.1) is 0 Å². The second-order valence-corrected chi connectivity index (χ2v) is 9.65. The highest BCUT2D eigenvalue weighted by atomic mass is 16.5. The van der Waals surface area contributed by atoms with E-state index in [1.165, 1.54) is 6.42 Å². The summed E-state index contributed by atoms with van der Waals surface area (Å²) < 4.78 is 5.99. The molecule has 0 saturated carbocycles. The predicted molar refractivity (Wildman–Crippen MR) is 146 cm³/mol. The van der Waals surface area contributed by atoms with Gasteiger partial charge in [-0.05, 0) is 48.6 Å². The number of carbonyl (C=O) groups excluding carboxylic acids is 1. The number of benzene rings is 3. The van der Waals surface area contributed by atoms with Crippen LogP contribution in [0.25, 0.3) is 0 Å². The number of nitrogens with two attached hydrogens (primary N) is 1. The number of ether oxygens (including phenoxy) is 1. The van der Waals surface area contributed by atoms with Gasteiger partial charge in [0, 0.05) is 19.1 Å². The van der Waals surface area contributed by atoms with Crippen LogP contribution in [0.15, 0.2) is 84.9 Å². The molecular weight excluding hydrogens is 448 g/mol. The number of likely N-dealkylation sites (tertiary alicyclic amines) is 1. The molecule has 0 aromatic heterocycles. The summed E-state index contributed by atoms with van der Waals surface area (Å²) in [6.07, 6.45) is 2.91. The van der Waals surface area contributed by atoms with Crippen molar-refractivity contribution in [2.45, 2.75) is 64.2 Å². The molecule has 1 aliphatic heterocycles. The van der Waals surface area contributed by atoms with Gasteiger partial charge in [-0.1, -0.05) is 93.1 Å². The van der Waals surface area contributed by atoms with Gasteiger partial charge in [-0.25, -0.2) is 0 Å². The van der Waals surface area contributed by atoms with E-state index in [-0.39, 0.29) is 17.8 Å². The molecule has 0 aliphatic carbocycles. The molecule has 36 heavy (non-hydrogen) atoms. The zero-order chi connectivity index (χ0) is 26.0. The van der Waals surface area contributed by atoms with Crippen molar-refractivity contribution in [2.24, 2.45) is 5.73 Å². The average molecular weight is 489 g/mol. The van der Waals surface area contributed by atoms with E-state index in [0.29, 0.717) is 19.1 Å². The largest absolute Gasteiger partial charge is 0.508 e. The minimum atomic E-state index is -0.854. The number of rotatable bonds is 10. The summed E-state index contributed by atoms with van der Waals surface area (Å²) in [6.45, 7) is 8.67. The maximum atomic E-state index is 13.0. The lowest BCUT2D eigenvalue weighted by Gasteiger charge is -2.44. The molecule has 1 heterocycles. The Bertz CT molecular complexity index is 1030. The Morgan fingerprint density at radius 1 is 1.00 bits per heavy atom. The van der Waals surface area contributed by atoms with Gasteiger partial charge in [0.05, 0.1) is 18.1 Å². The highest BCUT2D eigenvalue weighted by molar-refractivity contribution is 5.90. The minimum absolute atomic E-state index is 0.180. The molecule has 5 heteroatoms. The third-order valence-corrected chi connectivity index (χ3v) is 6.79. The molecule has 4 rings (SSSR count). The van der Waals surface area contributed by atoms with Crippen LogP contribution in [0.2, 0.25) is 0 Å². The van der Waals surface area contributed by atoms with Crippen molar-refractivity contribution in [3.8, 4) is 5.75 Å². The Hall–Kier alpha value is -3.15. The minimum Gasteiger partial charge on any atom is -0.508 e. The van der Waals surface area contributed by atoms with Crippen LogP contribution in [0, 0.1) is 0 Å². The Kier molecular flexibility index (Phi) is 10.1. The maximum absolute atomic E-state index is 13.0. The predicted octanol–water partition coefficient (Wildman–Crippen LogP) is 5.65. The van der Waals surface area contributed by atoms with Crippen LogP contribution < -0.4 is 5.73 Å². The van der Waals surface area contributed by atoms with Crippen molar-refractivity contribution in [1.82, 2.24) is 4.90 Å². The first kappa shape index (κ1) is 27.4. The van der Waals surface area contributed by atoms with Gasteiger partial charge in [0.25, 0.3) is 0 Å². The zero-order valence-electron chi connectivity index (χ0n) is 21.8. The molecule has 0 radical (unpaired) electrons. The van der Waals surface area contributed by atoms with Crippen molar-refractivity contribution in [1.29, 1.82) is 0 Å². The van der Waals surface area contributed by atoms with Crippen LogP contribution in [-0.4, -0.2) is 41.1 Å². The summed E-state index contributed by atoms with van der Waals surface area (Å²) in [7, 11) is 0. The molecule has 0 spiro atoms.